The Morgan fingerprint density at radius 2 is 1.47 bits per heavy atom. The molecule has 30 heavy (non-hydrogen) atoms. The summed E-state index contributed by atoms with van der Waals surface area (Å²) in [7, 11) is 2.16. The third-order valence-corrected chi connectivity index (χ3v) is 6.29. The second-order valence-electron chi connectivity index (χ2n) is 8.21. The molecule has 1 amide bonds. The highest BCUT2D eigenvalue weighted by Crippen LogP contribution is 2.24. The molecule has 160 valence electrons. The molecule has 4 rings (SSSR count). The topological polar surface area (TPSA) is 55.8 Å². The summed E-state index contributed by atoms with van der Waals surface area (Å²) < 4.78 is 0. The summed E-state index contributed by atoms with van der Waals surface area (Å²) in [6, 6.07) is 12.2. The third-order valence-electron chi connectivity index (χ3n) is 6.29. The van der Waals surface area contributed by atoms with Gasteiger partial charge in [-0.05, 0) is 19.0 Å². The quantitative estimate of drug-likeness (QED) is 0.755. The molecular formula is C23H32N6O. The first-order valence-electron chi connectivity index (χ1n) is 11.0. The molecule has 3 heterocycles. The Balaban J connectivity index is 1.37. The van der Waals surface area contributed by atoms with Gasteiger partial charge in [-0.1, -0.05) is 37.3 Å². The molecular weight excluding hydrogens is 376 g/mol. The number of piperazine rings is 2. The first kappa shape index (κ1) is 20.6. The monoisotopic (exact) mass is 408 g/mol. The Morgan fingerprint density at radius 1 is 0.900 bits per heavy atom. The van der Waals surface area contributed by atoms with E-state index in [0.29, 0.717) is 0 Å². The maximum absolute atomic E-state index is 13.1. The van der Waals surface area contributed by atoms with Crippen molar-refractivity contribution in [2.75, 3.05) is 69.2 Å². The summed E-state index contributed by atoms with van der Waals surface area (Å²) in [5, 5.41) is 0. The van der Waals surface area contributed by atoms with Crippen molar-refractivity contribution in [2.24, 2.45) is 0 Å². The Hall–Kier alpha value is -2.67. The van der Waals surface area contributed by atoms with E-state index in [-0.39, 0.29) is 11.8 Å². The maximum atomic E-state index is 13.1. The number of anilines is 2. The average Bonchev–Trinajstić information content (AvgIpc) is 2.81. The predicted molar refractivity (Wildman–Crippen MR) is 120 cm³/mol. The van der Waals surface area contributed by atoms with Gasteiger partial charge in [0.05, 0.1) is 5.92 Å². The number of likely N-dealkylation sites (N-methyl/N-ethyl adjacent to an activating group) is 1. The van der Waals surface area contributed by atoms with E-state index in [1.807, 2.05) is 23.1 Å². The van der Waals surface area contributed by atoms with Crippen LogP contribution in [-0.2, 0) is 4.79 Å². The summed E-state index contributed by atoms with van der Waals surface area (Å²) in [6.45, 7) is 9.26. The number of rotatable bonds is 5. The van der Waals surface area contributed by atoms with Gasteiger partial charge in [0.2, 0.25) is 5.91 Å². The van der Waals surface area contributed by atoms with E-state index in [0.717, 1.165) is 76.0 Å². The van der Waals surface area contributed by atoms with Crippen molar-refractivity contribution in [1.82, 2.24) is 19.8 Å². The molecule has 0 N–H and O–H groups in total. The Labute approximate surface area is 179 Å². The molecule has 0 saturated carbocycles. The lowest BCUT2D eigenvalue weighted by Crippen LogP contribution is -2.50. The minimum atomic E-state index is -0.0550. The average molecular weight is 409 g/mol. The van der Waals surface area contributed by atoms with E-state index < -0.39 is 0 Å². The number of benzene rings is 1. The summed E-state index contributed by atoms with van der Waals surface area (Å²) >= 11 is 0. The van der Waals surface area contributed by atoms with Gasteiger partial charge in [-0.25, -0.2) is 9.97 Å². The first-order valence-corrected chi connectivity index (χ1v) is 11.0. The van der Waals surface area contributed by atoms with Crippen LogP contribution in [0.4, 0.5) is 11.6 Å². The molecule has 0 bridgehead atoms. The zero-order chi connectivity index (χ0) is 20.9. The van der Waals surface area contributed by atoms with Crippen LogP contribution in [0.5, 0.6) is 0 Å². The number of hydrogen-bond donors (Lipinski definition) is 0. The van der Waals surface area contributed by atoms with Crippen LogP contribution in [0.3, 0.4) is 0 Å². The van der Waals surface area contributed by atoms with Gasteiger partial charge in [-0.2, -0.15) is 0 Å². The fourth-order valence-corrected chi connectivity index (χ4v) is 4.33. The zero-order valence-corrected chi connectivity index (χ0v) is 18.1. The van der Waals surface area contributed by atoms with Gasteiger partial charge < -0.3 is 19.6 Å². The molecule has 2 fully saturated rings. The minimum Gasteiger partial charge on any atom is -0.354 e. The molecule has 2 aromatic rings. The van der Waals surface area contributed by atoms with E-state index in [9.17, 15) is 4.79 Å². The molecule has 2 aliphatic rings. The Kier molecular flexibility index (Phi) is 6.47. The molecule has 2 aliphatic heterocycles. The summed E-state index contributed by atoms with van der Waals surface area (Å²) in [5.41, 5.74) is 1.11. The van der Waals surface area contributed by atoms with Crippen molar-refractivity contribution >= 4 is 17.5 Å². The van der Waals surface area contributed by atoms with Crippen LogP contribution in [0, 0.1) is 0 Å². The highest BCUT2D eigenvalue weighted by Gasteiger charge is 2.28. The minimum absolute atomic E-state index is 0.0550. The maximum Gasteiger partial charge on any atom is 0.230 e. The van der Waals surface area contributed by atoms with Gasteiger partial charge in [0, 0.05) is 58.4 Å². The molecule has 1 unspecified atom stereocenters. The number of carbonyl (C=O) groups is 1. The van der Waals surface area contributed by atoms with Gasteiger partial charge in [-0.15, -0.1) is 0 Å². The van der Waals surface area contributed by atoms with Gasteiger partial charge in [0.1, 0.15) is 18.0 Å². The van der Waals surface area contributed by atoms with Crippen molar-refractivity contribution < 1.29 is 4.79 Å². The van der Waals surface area contributed by atoms with Crippen molar-refractivity contribution in [3.05, 3.63) is 48.3 Å². The van der Waals surface area contributed by atoms with Crippen LogP contribution < -0.4 is 9.80 Å². The lowest BCUT2D eigenvalue weighted by molar-refractivity contribution is -0.133. The first-order chi connectivity index (χ1) is 14.7. The van der Waals surface area contributed by atoms with Gasteiger partial charge >= 0.3 is 0 Å². The fourth-order valence-electron chi connectivity index (χ4n) is 4.33. The van der Waals surface area contributed by atoms with Gasteiger partial charge in [0.15, 0.2) is 0 Å². The molecule has 1 aromatic heterocycles. The van der Waals surface area contributed by atoms with E-state index in [1.54, 1.807) is 6.33 Å². The third kappa shape index (κ3) is 4.56. The predicted octanol–water partition coefficient (Wildman–Crippen LogP) is 2.07. The molecule has 7 heteroatoms. The van der Waals surface area contributed by atoms with Crippen LogP contribution in [0.15, 0.2) is 42.7 Å². The Morgan fingerprint density at radius 3 is 2.03 bits per heavy atom. The second-order valence-corrected chi connectivity index (χ2v) is 8.21. The van der Waals surface area contributed by atoms with Crippen LogP contribution >= 0.6 is 0 Å². The van der Waals surface area contributed by atoms with E-state index in [4.69, 9.17) is 0 Å². The lowest BCUT2D eigenvalue weighted by Gasteiger charge is -2.37. The fraction of sp³-hybridized carbons (Fsp3) is 0.522. The SMILES string of the molecule is CCC(C(=O)N1CCN(c2cc(N3CCN(C)CC3)ncn2)CC1)c1ccccc1. The number of nitrogens with zero attached hydrogens (tertiary/aromatic N) is 6. The normalized spacial score (nSPS) is 19.1. The molecule has 1 atom stereocenters. The van der Waals surface area contributed by atoms with Crippen molar-refractivity contribution in [3.8, 4) is 0 Å². The van der Waals surface area contributed by atoms with Gasteiger partial charge in [0.25, 0.3) is 0 Å². The van der Waals surface area contributed by atoms with Crippen molar-refractivity contribution in [1.29, 1.82) is 0 Å². The van der Waals surface area contributed by atoms with E-state index in [2.05, 4.69) is 56.8 Å². The smallest absolute Gasteiger partial charge is 0.230 e. The molecule has 0 aliphatic carbocycles. The summed E-state index contributed by atoms with van der Waals surface area (Å²) in [5.74, 6) is 2.15. The highest BCUT2D eigenvalue weighted by molar-refractivity contribution is 5.84. The van der Waals surface area contributed by atoms with Crippen LogP contribution in [0.1, 0.15) is 24.8 Å². The Bertz CT molecular complexity index is 829. The molecule has 0 radical (unpaired) electrons. The van der Waals surface area contributed by atoms with Gasteiger partial charge in [-0.3, -0.25) is 4.79 Å². The number of hydrogen-bond acceptors (Lipinski definition) is 6. The number of carbonyl (C=O) groups excluding carboxylic acids is 1. The molecule has 2 saturated heterocycles. The number of aromatic nitrogens is 2. The van der Waals surface area contributed by atoms with E-state index in [1.165, 1.54) is 0 Å². The van der Waals surface area contributed by atoms with Crippen LogP contribution in [-0.4, -0.2) is 85.1 Å². The summed E-state index contributed by atoms with van der Waals surface area (Å²) in [4.78, 5) is 31.1. The zero-order valence-electron chi connectivity index (χ0n) is 18.1. The summed E-state index contributed by atoms with van der Waals surface area (Å²) in [6.07, 6.45) is 2.49. The largest absolute Gasteiger partial charge is 0.354 e. The highest BCUT2D eigenvalue weighted by atomic mass is 16.2. The lowest BCUT2D eigenvalue weighted by atomic mass is 9.95. The molecule has 7 nitrogen and oxygen atoms in total. The second kappa shape index (κ2) is 9.43. The molecule has 1 aromatic carbocycles. The standard InChI is InChI=1S/C23H32N6O/c1-3-20(19-7-5-4-6-8-19)23(30)29-15-13-28(14-16-29)22-17-21(24-18-25-22)27-11-9-26(2)10-12-27/h4-8,17-18,20H,3,9-16H2,1-2H3. The van der Waals surface area contributed by atoms with Crippen LogP contribution in [0.2, 0.25) is 0 Å². The van der Waals surface area contributed by atoms with Crippen molar-refractivity contribution in [3.63, 3.8) is 0 Å². The van der Waals surface area contributed by atoms with Crippen LogP contribution in [0.25, 0.3) is 0 Å². The molecule has 0 spiro atoms. The van der Waals surface area contributed by atoms with E-state index >= 15 is 0 Å². The van der Waals surface area contributed by atoms with Crippen molar-refractivity contribution in [2.45, 2.75) is 19.3 Å². The number of amides is 1.